The van der Waals surface area contributed by atoms with E-state index in [1.54, 1.807) is 31.2 Å². The lowest BCUT2D eigenvalue weighted by Gasteiger charge is -2.03. The summed E-state index contributed by atoms with van der Waals surface area (Å²) >= 11 is 0. The Morgan fingerprint density at radius 3 is 2.88 bits per heavy atom. The van der Waals surface area contributed by atoms with Gasteiger partial charge in [-0.3, -0.25) is 0 Å². The van der Waals surface area contributed by atoms with Gasteiger partial charge in [0.25, 0.3) is 0 Å². The lowest BCUT2D eigenvalue weighted by atomic mass is 10.2. The first-order valence-electron chi connectivity index (χ1n) is 7.75. The molecule has 0 atom stereocenters. The van der Waals surface area contributed by atoms with Crippen LogP contribution in [0.5, 0.6) is 0 Å². The molecule has 0 aliphatic heterocycles. The van der Waals surface area contributed by atoms with Gasteiger partial charge >= 0.3 is 5.97 Å². The van der Waals surface area contributed by atoms with E-state index in [4.69, 9.17) is 9.15 Å². The number of imidazole rings is 1. The van der Waals surface area contributed by atoms with Crippen molar-refractivity contribution in [3.63, 3.8) is 0 Å². The number of hydrogen-bond donors (Lipinski definition) is 2. The molecule has 3 aromatic rings. The van der Waals surface area contributed by atoms with Crippen LogP contribution in [0.3, 0.4) is 0 Å². The molecule has 7 nitrogen and oxygen atoms in total. The number of para-hydroxylation sites is 2. The fourth-order valence-corrected chi connectivity index (χ4v) is 2.28. The molecule has 130 valence electrons. The number of aliphatic hydroxyl groups is 1. The summed E-state index contributed by atoms with van der Waals surface area (Å²) in [4.78, 5) is 18.9. The minimum Gasteiger partial charge on any atom is -0.507 e. The first-order valence-corrected chi connectivity index (χ1v) is 7.75. The first kappa shape index (κ1) is 17.0. The SMILES string of the molecule is Cc1ccc(/C=C/C(=O)OC/C(O)=C(\C#N)c2nc3ccccc3[nH]2)o1. The molecule has 0 unspecified atom stereocenters. The topological polar surface area (TPSA) is 112 Å². The van der Waals surface area contributed by atoms with Crippen LogP contribution < -0.4 is 0 Å². The third-order valence-electron chi connectivity index (χ3n) is 3.52. The Morgan fingerprint density at radius 2 is 2.19 bits per heavy atom. The molecule has 2 heterocycles. The number of esters is 1. The zero-order chi connectivity index (χ0) is 18.5. The third-order valence-corrected chi connectivity index (χ3v) is 3.52. The van der Waals surface area contributed by atoms with E-state index in [2.05, 4.69) is 9.97 Å². The summed E-state index contributed by atoms with van der Waals surface area (Å²) in [6.07, 6.45) is 2.64. The van der Waals surface area contributed by atoms with Gasteiger partial charge in [0.05, 0.1) is 11.0 Å². The number of rotatable bonds is 5. The first-order chi connectivity index (χ1) is 12.6. The molecular formula is C19H15N3O4. The van der Waals surface area contributed by atoms with Gasteiger partial charge in [-0.2, -0.15) is 5.26 Å². The van der Waals surface area contributed by atoms with Crippen molar-refractivity contribution < 1.29 is 19.1 Å². The van der Waals surface area contributed by atoms with E-state index in [0.717, 1.165) is 11.3 Å². The van der Waals surface area contributed by atoms with Crippen molar-refractivity contribution in [3.8, 4) is 6.07 Å². The minimum atomic E-state index is -0.674. The summed E-state index contributed by atoms with van der Waals surface area (Å²) in [7, 11) is 0. The van der Waals surface area contributed by atoms with E-state index in [1.165, 1.54) is 12.2 Å². The van der Waals surface area contributed by atoms with Crippen LogP contribution in [-0.2, 0) is 9.53 Å². The number of nitrogens with zero attached hydrogens (tertiary/aromatic N) is 2. The van der Waals surface area contributed by atoms with Crippen molar-refractivity contribution in [2.24, 2.45) is 0 Å². The second-order valence-corrected chi connectivity index (χ2v) is 5.43. The van der Waals surface area contributed by atoms with Crippen LogP contribution in [0.15, 0.2) is 52.7 Å². The van der Waals surface area contributed by atoms with Crippen LogP contribution >= 0.6 is 0 Å². The van der Waals surface area contributed by atoms with Gasteiger partial charge in [0.1, 0.15) is 29.8 Å². The number of benzene rings is 1. The molecule has 0 radical (unpaired) electrons. The molecule has 0 saturated carbocycles. The maximum absolute atomic E-state index is 11.7. The number of nitriles is 1. The molecule has 0 saturated heterocycles. The van der Waals surface area contributed by atoms with Crippen LogP contribution in [0.4, 0.5) is 0 Å². The Labute approximate surface area is 148 Å². The Balaban J connectivity index is 1.69. The van der Waals surface area contributed by atoms with Gasteiger partial charge in [-0.15, -0.1) is 0 Å². The Kier molecular flexibility index (Phi) is 4.85. The van der Waals surface area contributed by atoms with Crippen LogP contribution in [-0.4, -0.2) is 27.7 Å². The van der Waals surface area contributed by atoms with Crippen molar-refractivity contribution in [3.05, 3.63) is 65.6 Å². The second kappa shape index (κ2) is 7.40. The lowest BCUT2D eigenvalue weighted by molar-refractivity contribution is -0.137. The summed E-state index contributed by atoms with van der Waals surface area (Å²) in [5.74, 6) is 0.390. The van der Waals surface area contributed by atoms with Crippen LogP contribution in [0.25, 0.3) is 22.7 Å². The van der Waals surface area contributed by atoms with Crippen molar-refractivity contribution in [1.29, 1.82) is 5.26 Å². The highest BCUT2D eigenvalue weighted by Gasteiger charge is 2.14. The third kappa shape index (κ3) is 3.82. The molecular weight excluding hydrogens is 334 g/mol. The predicted octanol–water partition coefficient (Wildman–Crippen LogP) is 3.51. The van der Waals surface area contributed by atoms with Crippen LogP contribution in [0.2, 0.25) is 0 Å². The number of aryl methyl sites for hydroxylation is 1. The fraction of sp³-hybridized carbons (Fsp3) is 0.105. The molecule has 0 bridgehead atoms. The summed E-state index contributed by atoms with van der Waals surface area (Å²) in [5, 5.41) is 19.4. The summed E-state index contributed by atoms with van der Waals surface area (Å²) in [5.41, 5.74) is 1.31. The molecule has 7 heteroatoms. The van der Waals surface area contributed by atoms with E-state index in [1.807, 2.05) is 18.2 Å². The van der Waals surface area contributed by atoms with Crippen molar-refractivity contribution >= 4 is 28.7 Å². The highest BCUT2D eigenvalue weighted by molar-refractivity contribution is 5.87. The van der Waals surface area contributed by atoms with Crippen LogP contribution in [0, 0.1) is 18.3 Å². The highest BCUT2D eigenvalue weighted by atomic mass is 16.5. The normalized spacial score (nSPS) is 12.2. The van der Waals surface area contributed by atoms with Gasteiger partial charge < -0.3 is 19.2 Å². The molecule has 0 amide bonds. The fourth-order valence-electron chi connectivity index (χ4n) is 2.28. The largest absolute Gasteiger partial charge is 0.507 e. The molecule has 2 N–H and O–H groups in total. The van der Waals surface area contributed by atoms with Crippen molar-refractivity contribution in [2.75, 3.05) is 6.61 Å². The van der Waals surface area contributed by atoms with E-state index >= 15 is 0 Å². The Morgan fingerprint density at radius 1 is 1.38 bits per heavy atom. The quantitative estimate of drug-likeness (QED) is 0.315. The Bertz CT molecular complexity index is 1020. The molecule has 2 aromatic heterocycles. The van der Waals surface area contributed by atoms with Crippen molar-refractivity contribution in [1.82, 2.24) is 9.97 Å². The van der Waals surface area contributed by atoms with E-state index in [0.29, 0.717) is 11.3 Å². The molecule has 26 heavy (non-hydrogen) atoms. The number of carbonyl (C=O) groups is 1. The molecule has 0 aliphatic carbocycles. The molecule has 3 rings (SSSR count). The minimum absolute atomic E-state index is 0.0837. The number of aromatic nitrogens is 2. The number of nitrogens with one attached hydrogen (secondary N) is 1. The van der Waals surface area contributed by atoms with E-state index in [9.17, 15) is 15.2 Å². The highest BCUT2D eigenvalue weighted by Crippen LogP contribution is 2.18. The van der Waals surface area contributed by atoms with Gasteiger partial charge in [-0.05, 0) is 37.3 Å². The smallest absolute Gasteiger partial charge is 0.331 e. The number of ether oxygens (including phenoxy) is 1. The standard InChI is InChI=1S/C19H15N3O4/c1-12-6-7-13(26-12)8-9-18(24)25-11-17(23)14(10-20)19-21-15-4-2-3-5-16(15)22-19/h2-9,23H,11H2,1H3,(H,21,22)/b9-8+,17-14-. The number of carbonyl (C=O) groups excluding carboxylic acids is 1. The van der Waals surface area contributed by atoms with Gasteiger partial charge in [0, 0.05) is 6.08 Å². The summed E-state index contributed by atoms with van der Waals surface area (Å²) in [6.45, 7) is 1.35. The predicted molar refractivity (Wildman–Crippen MR) is 94.7 cm³/mol. The van der Waals surface area contributed by atoms with Gasteiger partial charge in [-0.25, -0.2) is 9.78 Å². The number of fused-ring (bicyclic) bond motifs is 1. The number of furan rings is 1. The van der Waals surface area contributed by atoms with Gasteiger partial charge in [0.15, 0.2) is 11.6 Å². The summed E-state index contributed by atoms with van der Waals surface area (Å²) in [6, 6.07) is 12.6. The molecule has 0 spiro atoms. The van der Waals surface area contributed by atoms with Gasteiger partial charge in [0.2, 0.25) is 0 Å². The summed E-state index contributed by atoms with van der Waals surface area (Å²) < 4.78 is 10.2. The van der Waals surface area contributed by atoms with Gasteiger partial charge in [-0.1, -0.05) is 12.1 Å². The monoisotopic (exact) mass is 349 g/mol. The number of allylic oxidation sites excluding steroid dienone is 1. The van der Waals surface area contributed by atoms with Crippen molar-refractivity contribution in [2.45, 2.75) is 6.92 Å². The molecule has 0 aliphatic rings. The van der Waals surface area contributed by atoms with E-state index < -0.39 is 12.6 Å². The van der Waals surface area contributed by atoms with E-state index in [-0.39, 0.29) is 17.2 Å². The number of hydrogen-bond acceptors (Lipinski definition) is 6. The zero-order valence-electron chi connectivity index (χ0n) is 13.9. The maximum Gasteiger partial charge on any atom is 0.331 e. The number of aliphatic hydroxyl groups excluding tert-OH is 1. The Hall–Kier alpha value is -3.79. The average molecular weight is 349 g/mol. The molecule has 1 aromatic carbocycles. The second-order valence-electron chi connectivity index (χ2n) is 5.43. The lowest BCUT2D eigenvalue weighted by Crippen LogP contribution is -2.06. The average Bonchev–Trinajstić information content (AvgIpc) is 3.24. The maximum atomic E-state index is 11.7. The zero-order valence-corrected chi connectivity index (χ0v) is 13.9. The molecule has 0 fully saturated rings. The number of H-pyrrole nitrogens is 1. The van der Waals surface area contributed by atoms with Crippen LogP contribution in [0.1, 0.15) is 17.3 Å². The number of aromatic amines is 1.